The number of nitrogen functional groups attached to an aromatic ring is 1. The monoisotopic (exact) mass is 289 g/mol. The van der Waals surface area contributed by atoms with Crippen LogP contribution in [0.15, 0.2) is 29.9 Å². The Morgan fingerprint density at radius 3 is 2.70 bits per heavy atom. The molecule has 0 bridgehead atoms. The number of aromatic nitrogens is 2. The van der Waals surface area contributed by atoms with Crippen molar-refractivity contribution in [1.29, 1.82) is 0 Å². The largest absolute Gasteiger partial charge is 0.398 e. The number of nitrogens with zero attached hydrogens (tertiary/aromatic N) is 3. The zero-order valence-electron chi connectivity index (χ0n) is 11.3. The van der Waals surface area contributed by atoms with E-state index < -0.39 is 0 Å². The van der Waals surface area contributed by atoms with E-state index in [1.54, 1.807) is 23.7 Å². The molecule has 1 saturated heterocycles. The van der Waals surface area contributed by atoms with Gasteiger partial charge in [-0.15, -0.1) is 11.3 Å². The number of rotatable bonds is 4. The highest BCUT2D eigenvalue weighted by Gasteiger charge is 2.20. The fourth-order valence-corrected chi connectivity index (χ4v) is 3.22. The third-order valence-corrected chi connectivity index (χ3v) is 4.60. The van der Waals surface area contributed by atoms with E-state index >= 15 is 0 Å². The molecule has 3 N–H and O–H groups in total. The van der Waals surface area contributed by atoms with Gasteiger partial charge in [-0.05, 0) is 30.4 Å². The van der Waals surface area contributed by atoms with Crippen LogP contribution < -0.4 is 16.0 Å². The summed E-state index contributed by atoms with van der Waals surface area (Å²) in [5.41, 5.74) is 6.80. The van der Waals surface area contributed by atoms with E-state index in [-0.39, 0.29) is 0 Å². The highest BCUT2D eigenvalue weighted by atomic mass is 32.1. The van der Waals surface area contributed by atoms with Gasteiger partial charge in [-0.1, -0.05) is 0 Å². The van der Waals surface area contributed by atoms with Gasteiger partial charge in [0.25, 0.3) is 0 Å². The van der Waals surface area contributed by atoms with Crippen molar-refractivity contribution in [1.82, 2.24) is 15.3 Å². The molecule has 0 aliphatic carbocycles. The molecule has 6 heteroatoms. The zero-order chi connectivity index (χ0) is 13.8. The first-order valence-electron chi connectivity index (χ1n) is 6.90. The van der Waals surface area contributed by atoms with Crippen molar-refractivity contribution in [2.75, 3.05) is 23.7 Å². The van der Waals surface area contributed by atoms with Gasteiger partial charge in [-0.25, -0.2) is 9.97 Å². The van der Waals surface area contributed by atoms with Gasteiger partial charge in [0.1, 0.15) is 0 Å². The highest BCUT2D eigenvalue weighted by Crippen LogP contribution is 2.20. The molecule has 0 spiro atoms. The van der Waals surface area contributed by atoms with E-state index in [4.69, 9.17) is 5.73 Å². The normalized spacial score (nSPS) is 16.5. The van der Waals surface area contributed by atoms with E-state index in [1.165, 1.54) is 4.88 Å². The van der Waals surface area contributed by atoms with Gasteiger partial charge >= 0.3 is 0 Å². The molecule has 0 atom stereocenters. The minimum atomic E-state index is 0.552. The number of nitrogens with two attached hydrogens (primary N) is 1. The van der Waals surface area contributed by atoms with Gasteiger partial charge in [0.2, 0.25) is 5.95 Å². The summed E-state index contributed by atoms with van der Waals surface area (Å²) in [5.74, 6) is 0.841. The van der Waals surface area contributed by atoms with Crippen LogP contribution in [-0.4, -0.2) is 29.1 Å². The van der Waals surface area contributed by atoms with E-state index in [0.717, 1.165) is 44.1 Å². The van der Waals surface area contributed by atoms with E-state index in [0.29, 0.717) is 6.04 Å². The van der Waals surface area contributed by atoms with Crippen molar-refractivity contribution >= 4 is 23.0 Å². The molecule has 20 heavy (non-hydrogen) atoms. The molecule has 1 fully saturated rings. The van der Waals surface area contributed by atoms with Crippen LogP contribution in [0.3, 0.4) is 0 Å². The van der Waals surface area contributed by atoms with Crippen molar-refractivity contribution in [3.8, 4) is 0 Å². The van der Waals surface area contributed by atoms with E-state index in [2.05, 4.69) is 20.2 Å². The fraction of sp³-hybridized carbons (Fsp3) is 0.429. The lowest BCUT2D eigenvalue weighted by molar-refractivity contribution is 0.412. The molecular formula is C14H19N5S. The Kier molecular flexibility index (Phi) is 4.13. The van der Waals surface area contributed by atoms with E-state index in [9.17, 15) is 0 Å². The van der Waals surface area contributed by atoms with Crippen molar-refractivity contribution in [3.63, 3.8) is 0 Å². The van der Waals surface area contributed by atoms with Crippen LogP contribution in [0.2, 0.25) is 0 Å². The quantitative estimate of drug-likeness (QED) is 0.899. The molecule has 2 aromatic rings. The zero-order valence-corrected chi connectivity index (χ0v) is 12.1. The Hall–Kier alpha value is -1.66. The fourth-order valence-electron chi connectivity index (χ4n) is 2.47. The lowest BCUT2D eigenvalue weighted by Gasteiger charge is -2.32. The standard InChI is InChI=1S/C14H19N5S/c15-12-4-9-20-13(12)10-18-11-2-7-19(8-3-11)14-16-5-1-6-17-14/h1,4-6,9,11,18H,2-3,7-8,10,15H2. The summed E-state index contributed by atoms with van der Waals surface area (Å²) in [6.45, 7) is 2.87. The maximum Gasteiger partial charge on any atom is 0.225 e. The van der Waals surface area contributed by atoms with Crippen LogP contribution in [0.25, 0.3) is 0 Å². The second kappa shape index (κ2) is 6.19. The molecule has 0 saturated carbocycles. The third kappa shape index (κ3) is 3.08. The molecule has 1 aliphatic heterocycles. The van der Waals surface area contributed by atoms with Crippen molar-refractivity contribution in [3.05, 3.63) is 34.8 Å². The summed E-state index contributed by atoms with van der Waals surface area (Å²) in [6.07, 6.45) is 5.82. The third-order valence-electron chi connectivity index (χ3n) is 3.66. The van der Waals surface area contributed by atoms with Crippen LogP contribution in [0.4, 0.5) is 11.6 Å². The van der Waals surface area contributed by atoms with Gasteiger partial charge in [0.15, 0.2) is 0 Å². The average Bonchev–Trinajstić information content (AvgIpc) is 2.92. The molecule has 3 rings (SSSR count). The van der Waals surface area contributed by atoms with Gasteiger partial charge in [0, 0.05) is 48.6 Å². The van der Waals surface area contributed by atoms with E-state index in [1.807, 2.05) is 17.5 Å². The maximum absolute atomic E-state index is 5.90. The van der Waals surface area contributed by atoms with Gasteiger partial charge in [-0.2, -0.15) is 0 Å². The molecular weight excluding hydrogens is 270 g/mol. The lowest BCUT2D eigenvalue weighted by Crippen LogP contribution is -2.42. The smallest absolute Gasteiger partial charge is 0.225 e. The predicted molar refractivity (Wildman–Crippen MR) is 82.8 cm³/mol. The average molecular weight is 289 g/mol. The Morgan fingerprint density at radius 2 is 2.05 bits per heavy atom. The van der Waals surface area contributed by atoms with Crippen LogP contribution >= 0.6 is 11.3 Å². The number of hydrogen-bond acceptors (Lipinski definition) is 6. The predicted octanol–water partition coefficient (Wildman–Crippen LogP) is 1.88. The summed E-state index contributed by atoms with van der Waals surface area (Å²) in [6, 6.07) is 4.37. The minimum absolute atomic E-state index is 0.552. The summed E-state index contributed by atoms with van der Waals surface area (Å²) in [4.78, 5) is 12.1. The van der Waals surface area contributed by atoms with Crippen LogP contribution in [-0.2, 0) is 6.54 Å². The SMILES string of the molecule is Nc1ccsc1CNC1CCN(c2ncccn2)CC1. The molecule has 3 heterocycles. The summed E-state index contributed by atoms with van der Waals surface area (Å²) >= 11 is 1.72. The lowest BCUT2D eigenvalue weighted by atomic mass is 10.1. The number of piperidine rings is 1. The first kappa shape index (κ1) is 13.3. The van der Waals surface area contributed by atoms with Crippen LogP contribution in [0, 0.1) is 0 Å². The number of thiophene rings is 1. The second-order valence-electron chi connectivity index (χ2n) is 4.99. The molecule has 0 unspecified atom stereocenters. The molecule has 0 amide bonds. The first-order valence-corrected chi connectivity index (χ1v) is 7.78. The summed E-state index contributed by atoms with van der Waals surface area (Å²) in [7, 11) is 0. The minimum Gasteiger partial charge on any atom is -0.398 e. The Morgan fingerprint density at radius 1 is 1.30 bits per heavy atom. The van der Waals surface area contributed by atoms with Crippen LogP contribution in [0.1, 0.15) is 17.7 Å². The maximum atomic E-state index is 5.90. The van der Waals surface area contributed by atoms with Gasteiger partial charge in [0.05, 0.1) is 0 Å². The van der Waals surface area contributed by atoms with Crippen LogP contribution in [0.5, 0.6) is 0 Å². The second-order valence-corrected chi connectivity index (χ2v) is 5.99. The molecule has 106 valence electrons. The summed E-state index contributed by atoms with van der Waals surface area (Å²) in [5, 5.41) is 5.64. The summed E-state index contributed by atoms with van der Waals surface area (Å²) < 4.78 is 0. The molecule has 2 aromatic heterocycles. The molecule has 1 aliphatic rings. The Balaban J connectivity index is 1.48. The first-order chi connectivity index (χ1) is 9.83. The van der Waals surface area contributed by atoms with Gasteiger partial charge in [-0.3, -0.25) is 0 Å². The number of hydrogen-bond donors (Lipinski definition) is 2. The molecule has 0 aromatic carbocycles. The molecule has 5 nitrogen and oxygen atoms in total. The van der Waals surface area contributed by atoms with Crippen molar-refractivity contribution < 1.29 is 0 Å². The van der Waals surface area contributed by atoms with Crippen molar-refractivity contribution in [2.45, 2.75) is 25.4 Å². The Bertz CT molecular complexity index is 534. The molecule has 0 radical (unpaired) electrons. The van der Waals surface area contributed by atoms with Crippen molar-refractivity contribution in [2.24, 2.45) is 0 Å². The topological polar surface area (TPSA) is 67.1 Å². The highest BCUT2D eigenvalue weighted by molar-refractivity contribution is 7.10. The van der Waals surface area contributed by atoms with Gasteiger partial charge < -0.3 is 16.0 Å². The number of anilines is 2. The number of nitrogens with one attached hydrogen (secondary N) is 1. The Labute approximate surface area is 122 Å².